The van der Waals surface area contributed by atoms with Crippen molar-refractivity contribution >= 4 is 11.9 Å². The molecule has 0 aromatic heterocycles. The van der Waals surface area contributed by atoms with Crippen molar-refractivity contribution in [3.05, 3.63) is 29.3 Å². The van der Waals surface area contributed by atoms with Gasteiger partial charge in [-0.2, -0.15) is 5.10 Å². The summed E-state index contributed by atoms with van der Waals surface area (Å²) in [5, 5.41) is 6.35. The third-order valence-electron chi connectivity index (χ3n) is 2.73. The zero-order chi connectivity index (χ0) is 12.1. The zero-order valence-electron chi connectivity index (χ0n) is 11.0. The number of benzene rings is 1. The molecule has 0 radical (unpaired) electrons. The van der Waals surface area contributed by atoms with Crippen LogP contribution in [0.15, 0.2) is 23.3 Å². The third kappa shape index (κ3) is 2.84. The van der Waals surface area contributed by atoms with Gasteiger partial charge in [0.25, 0.3) is 0 Å². The maximum atomic E-state index is 4.34. The first kappa shape index (κ1) is 12.8. The minimum atomic E-state index is 0.582. The Balaban J connectivity index is 3.04. The molecule has 0 aliphatic rings. The third-order valence-corrected chi connectivity index (χ3v) is 2.73. The van der Waals surface area contributed by atoms with Crippen molar-refractivity contribution in [1.29, 1.82) is 0 Å². The van der Waals surface area contributed by atoms with E-state index in [-0.39, 0.29) is 0 Å². The first-order chi connectivity index (χ1) is 7.60. The van der Waals surface area contributed by atoms with Gasteiger partial charge in [0.15, 0.2) is 0 Å². The monoisotopic (exact) mass is 218 g/mol. The van der Waals surface area contributed by atoms with Crippen LogP contribution >= 0.6 is 0 Å². The fourth-order valence-electron chi connectivity index (χ4n) is 1.94. The van der Waals surface area contributed by atoms with Crippen LogP contribution in [0.5, 0.6) is 0 Å². The van der Waals surface area contributed by atoms with E-state index < -0.39 is 0 Å². The maximum Gasteiger partial charge on any atom is 0.0596 e. The molecule has 88 valence electrons. The average molecular weight is 218 g/mol. The Morgan fingerprint density at radius 2 is 2.06 bits per heavy atom. The van der Waals surface area contributed by atoms with Gasteiger partial charge in [0.1, 0.15) is 0 Å². The van der Waals surface area contributed by atoms with Crippen LogP contribution in [0.25, 0.3) is 0 Å². The van der Waals surface area contributed by atoms with Crippen LogP contribution in [-0.4, -0.2) is 12.8 Å². The van der Waals surface area contributed by atoms with Gasteiger partial charge in [-0.15, -0.1) is 0 Å². The van der Waals surface area contributed by atoms with Crippen molar-refractivity contribution in [2.75, 3.05) is 11.6 Å². The van der Waals surface area contributed by atoms with Crippen LogP contribution in [0.3, 0.4) is 0 Å². The molecule has 0 N–H and O–H groups in total. The van der Waals surface area contributed by atoms with Crippen molar-refractivity contribution in [3.63, 3.8) is 0 Å². The largest absolute Gasteiger partial charge is 0.266 e. The van der Waals surface area contributed by atoms with Crippen LogP contribution in [0.4, 0.5) is 5.69 Å². The molecule has 0 saturated carbocycles. The molecule has 0 aliphatic heterocycles. The van der Waals surface area contributed by atoms with E-state index in [9.17, 15) is 0 Å². The van der Waals surface area contributed by atoms with E-state index in [0.717, 1.165) is 6.54 Å². The Hall–Kier alpha value is -1.31. The Labute approximate surface area is 99.0 Å². The van der Waals surface area contributed by atoms with E-state index in [1.165, 1.54) is 16.8 Å². The number of hydrogen-bond acceptors (Lipinski definition) is 2. The fraction of sp³-hybridized carbons (Fsp3) is 0.500. The fourth-order valence-corrected chi connectivity index (χ4v) is 1.94. The van der Waals surface area contributed by atoms with Crippen LogP contribution in [-0.2, 0) is 0 Å². The molecule has 0 atom stereocenters. The molecule has 0 fully saturated rings. The lowest BCUT2D eigenvalue weighted by Crippen LogP contribution is -2.15. The molecule has 1 rings (SSSR count). The van der Waals surface area contributed by atoms with Crippen LogP contribution < -0.4 is 5.01 Å². The van der Waals surface area contributed by atoms with Crippen molar-refractivity contribution in [3.8, 4) is 0 Å². The Morgan fingerprint density at radius 3 is 2.50 bits per heavy atom. The van der Waals surface area contributed by atoms with Gasteiger partial charge in [-0.05, 0) is 49.9 Å². The first-order valence-corrected chi connectivity index (χ1v) is 5.96. The number of hydrogen-bond donors (Lipinski definition) is 0. The number of nitrogens with zero attached hydrogens (tertiary/aromatic N) is 2. The topological polar surface area (TPSA) is 15.6 Å². The van der Waals surface area contributed by atoms with E-state index in [2.05, 4.69) is 51.0 Å². The second-order valence-corrected chi connectivity index (χ2v) is 4.29. The molecule has 0 aliphatic carbocycles. The average Bonchev–Trinajstić information content (AvgIpc) is 2.25. The number of anilines is 1. The number of aryl methyl sites for hydroxylation is 1. The molecule has 1 aromatic carbocycles. The molecule has 0 unspecified atom stereocenters. The Kier molecular flexibility index (Phi) is 4.53. The molecule has 0 spiro atoms. The molecular formula is C14H22N2. The lowest BCUT2D eigenvalue weighted by molar-refractivity contribution is 0.850. The summed E-state index contributed by atoms with van der Waals surface area (Å²) in [7, 11) is 0. The minimum Gasteiger partial charge on any atom is -0.266 e. The molecule has 2 nitrogen and oxygen atoms in total. The zero-order valence-corrected chi connectivity index (χ0v) is 11.0. The van der Waals surface area contributed by atoms with Gasteiger partial charge in [-0.3, -0.25) is 5.01 Å². The van der Waals surface area contributed by atoms with E-state index in [1.807, 2.05) is 18.1 Å². The molecular weight excluding hydrogens is 196 g/mol. The normalized spacial score (nSPS) is 11.4. The van der Waals surface area contributed by atoms with Gasteiger partial charge in [-0.25, -0.2) is 0 Å². The smallest absolute Gasteiger partial charge is 0.0596 e. The van der Waals surface area contributed by atoms with Gasteiger partial charge in [0, 0.05) is 12.8 Å². The number of rotatable bonds is 4. The lowest BCUT2D eigenvalue weighted by Gasteiger charge is -2.19. The van der Waals surface area contributed by atoms with Gasteiger partial charge >= 0.3 is 0 Å². The highest BCUT2D eigenvalue weighted by atomic mass is 15.4. The SMILES string of the molecule is C/C=N\N(CC)c1ccc(C(C)C)c(C)c1. The highest BCUT2D eigenvalue weighted by molar-refractivity contribution is 5.58. The standard InChI is InChI=1S/C14H22N2/c1-6-15-16(7-2)13-8-9-14(11(3)4)12(5)10-13/h6,8-11H,7H2,1-5H3/b15-6-. The van der Waals surface area contributed by atoms with Gasteiger partial charge < -0.3 is 0 Å². The molecule has 0 saturated heterocycles. The second-order valence-electron chi connectivity index (χ2n) is 4.29. The van der Waals surface area contributed by atoms with Crippen molar-refractivity contribution in [2.45, 2.75) is 40.5 Å². The summed E-state index contributed by atoms with van der Waals surface area (Å²) >= 11 is 0. The predicted octanol–water partition coefficient (Wildman–Crippen LogP) is 3.95. The quantitative estimate of drug-likeness (QED) is 0.552. The molecule has 0 bridgehead atoms. The number of hydrazone groups is 1. The highest BCUT2D eigenvalue weighted by Gasteiger charge is 2.07. The lowest BCUT2D eigenvalue weighted by atomic mass is 9.97. The van der Waals surface area contributed by atoms with E-state index in [0.29, 0.717) is 5.92 Å². The maximum absolute atomic E-state index is 4.34. The summed E-state index contributed by atoms with van der Waals surface area (Å²) in [5.41, 5.74) is 3.93. The molecule has 0 heterocycles. The van der Waals surface area contributed by atoms with E-state index in [4.69, 9.17) is 0 Å². The van der Waals surface area contributed by atoms with Crippen LogP contribution in [0.2, 0.25) is 0 Å². The van der Waals surface area contributed by atoms with E-state index >= 15 is 0 Å². The van der Waals surface area contributed by atoms with Gasteiger partial charge in [0.2, 0.25) is 0 Å². The highest BCUT2D eigenvalue weighted by Crippen LogP contribution is 2.24. The minimum absolute atomic E-state index is 0.582. The van der Waals surface area contributed by atoms with Gasteiger partial charge in [0.05, 0.1) is 5.69 Å². The molecule has 16 heavy (non-hydrogen) atoms. The summed E-state index contributed by atoms with van der Waals surface area (Å²) in [5.74, 6) is 0.582. The Morgan fingerprint density at radius 1 is 1.38 bits per heavy atom. The summed E-state index contributed by atoms with van der Waals surface area (Å²) in [6, 6.07) is 6.58. The summed E-state index contributed by atoms with van der Waals surface area (Å²) in [6.07, 6.45) is 1.83. The van der Waals surface area contributed by atoms with Crippen LogP contribution in [0, 0.1) is 6.92 Å². The second kappa shape index (κ2) is 5.69. The van der Waals surface area contributed by atoms with Crippen molar-refractivity contribution in [2.24, 2.45) is 5.10 Å². The van der Waals surface area contributed by atoms with E-state index in [1.54, 1.807) is 0 Å². The first-order valence-electron chi connectivity index (χ1n) is 5.96. The predicted molar refractivity (Wildman–Crippen MR) is 72.5 cm³/mol. The van der Waals surface area contributed by atoms with Crippen LogP contribution in [0.1, 0.15) is 44.7 Å². The van der Waals surface area contributed by atoms with Gasteiger partial charge in [-0.1, -0.05) is 19.9 Å². The summed E-state index contributed by atoms with van der Waals surface area (Å²) < 4.78 is 0. The Bertz CT molecular complexity index is 367. The molecule has 1 aromatic rings. The molecule has 0 amide bonds. The summed E-state index contributed by atoms with van der Waals surface area (Å²) in [6.45, 7) is 11.6. The summed E-state index contributed by atoms with van der Waals surface area (Å²) in [4.78, 5) is 0. The molecule has 2 heteroatoms. The van der Waals surface area contributed by atoms with Crippen molar-refractivity contribution < 1.29 is 0 Å². The van der Waals surface area contributed by atoms with Crippen molar-refractivity contribution in [1.82, 2.24) is 0 Å².